The van der Waals surface area contributed by atoms with E-state index in [1.807, 2.05) is 0 Å². The lowest BCUT2D eigenvalue weighted by molar-refractivity contribution is -0.387. The first kappa shape index (κ1) is 16.8. The van der Waals surface area contributed by atoms with Gasteiger partial charge in [0.2, 0.25) is 15.8 Å². The highest BCUT2D eigenvalue weighted by Crippen LogP contribution is 2.27. The van der Waals surface area contributed by atoms with Crippen molar-refractivity contribution >= 4 is 25.5 Å². The number of nitro benzene ring substituents is 1. The van der Waals surface area contributed by atoms with Gasteiger partial charge in [0.05, 0.1) is 21.3 Å². The second-order valence-corrected chi connectivity index (χ2v) is 9.24. The molecule has 1 fully saturated rings. The Balaban J connectivity index is 2.36. The summed E-state index contributed by atoms with van der Waals surface area (Å²) in [6.45, 7) is 1.44. The van der Waals surface area contributed by atoms with Crippen molar-refractivity contribution in [2.24, 2.45) is 0 Å². The van der Waals surface area contributed by atoms with E-state index < -0.39 is 46.7 Å². The van der Waals surface area contributed by atoms with Crippen LogP contribution >= 0.6 is 0 Å². The largest absolute Gasteiger partial charge is 0.306 e. The summed E-state index contributed by atoms with van der Waals surface area (Å²) in [5.41, 5.74) is -2.16. The van der Waals surface area contributed by atoms with Gasteiger partial charge in [-0.05, 0) is 25.5 Å². The van der Waals surface area contributed by atoms with Gasteiger partial charge in [-0.3, -0.25) is 10.1 Å². The molecular weight excluding hydrogens is 339 g/mol. The number of sulfonamides is 1. The van der Waals surface area contributed by atoms with E-state index in [0.29, 0.717) is 12.1 Å². The number of nitro groups is 1. The van der Waals surface area contributed by atoms with Crippen LogP contribution in [0, 0.1) is 15.9 Å². The topological polar surface area (TPSA) is 123 Å². The van der Waals surface area contributed by atoms with Crippen LogP contribution in [0.25, 0.3) is 0 Å². The molecule has 0 amide bonds. The highest BCUT2D eigenvalue weighted by Gasteiger charge is 2.41. The van der Waals surface area contributed by atoms with E-state index in [1.165, 1.54) is 6.92 Å². The van der Waals surface area contributed by atoms with E-state index in [2.05, 4.69) is 4.72 Å². The van der Waals surface area contributed by atoms with Crippen molar-refractivity contribution < 1.29 is 26.1 Å². The van der Waals surface area contributed by atoms with Crippen molar-refractivity contribution in [2.45, 2.75) is 23.8 Å². The van der Waals surface area contributed by atoms with E-state index >= 15 is 0 Å². The van der Waals surface area contributed by atoms with E-state index in [-0.39, 0.29) is 17.9 Å². The van der Waals surface area contributed by atoms with Crippen LogP contribution in [0.5, 0.6) is 0 Å². The van der Waals surface area contributed by atoms with E-state index in [4.69, 9.17) is 0 Å². The van der Waals surface area contributed by atoms with Crippen molar-refractivity contribution in [3.63, 3.8) is 0 Å². The molecule has 1 aromatic carbocycles. The molecule has 1 heterocycles. The summed E-state index contributed by atoms with van der Waals surface area (Å²) in [5.74, 6) is -1.66. The normalized spacial score (nSPS) is 24.3. The molecule has 0 bridgehead atoms. The molecule has 0 spiro atoms. The predicted molar refractivity (Wildman–Crippen MR) is 75.1 cm³/mol. The van der Waals surface area contributed by atoms with Crippen LogP contribution in [0.15, 0.2) is 23.1 Å². The SMILES string of the molecule is C[C@]1(NS(=O)(=O)c2ccc(F)c([N+](=O)[O-])c2)CCS(=O)(=O)C1. The quantitative estimate of drug-likeness (QED) is 0.625. The Morgan fingerprint density at radius 3 is 2.55 bits per heavy atom. The molecule has 1 N–H and O–H groups in total. The molecular formula is C11H13FN2O6S2. The van der Waals surface area contributed by atoms with Crippen LogP contribution in [0.1, 0.15) is 13.3 Å². The molecule has 1 aliphatic heterocycles. The summed E-state index contributed by atoms with van der Waals surface area (Å²) < 4.78 is 62.9. The molecule has 0 aromatic heterocycles. The number of nitrogens with zero attached hydrogens (tertiary/aromatic N) is 1. The Morgan fingerprint density at radius 2 is 2.05 bits per heavy atom. The Hall–Kier alpha value is -1.59. The van der Waals surface area contributed by atoms with Gasteiger partial charge in [-0.25, -0.2) is 21.6 Å². The number of hydrogen-bond acceptors (Lipinski definition) is 6. The minimum absolute atomic E-state index is 0.0951. The number of rotatable bonds is 4. The van der Waals surface area contributed by atoms with Gasteiger partial charge in [0, 0.05) is 11.6 Å². The molecule has 122 valence electrons. The molecule has 1 aliphatic rings. The zero-order valence-corrected chi connectivity index (χ0v) is 13.1. The molecule has 0 saturated carbocycles. The Bertz CT molecular complexity index is 836. The van der Waals surface area contributed by atoms with Gasteiger partial charge in [0.15, 0.2) is 9.84 Å². The fraction of sp³-hybridized carbons (Fsp3) is 0.455. The van der Waals surface area contributed by atoms with Gasteiger partial charge in [-0.15, -0.1) is 0 Å². The highest BCUT2D eigenvalue weighted by atomic mass is 32.2. The first-order valence-corrected chi connectivity index (χ1v) is 9.43. The fourth-order valence-electron chi connectivity index (χ4n) is 2.27. The summed E-state index contributed by atoms with van der Waals surface area (Å²) in [6, 6.07) is 2.17. The number of hydrogen-bond donors (Lipinski definition) is 1. The van der Waals surface area contributed by atoms with Crippen molar-refractivity contribution in [2.75, 3.05) is 11.5 Å². The average Bonchev–Trinajstić information content (AvgIpc) is 2.62. The van der Waals surface area contributed by atoms with Crippen LogP contribution in [-0.2, 0) is 19.9 Å². The van der Waals surface area contributed by atoms with E-state index in [0.717, 1.165) is 6.07 Å². The lowest BCUT2D eigenvalue weighted by atomic mass is 10.0. The monoisotopic (exact) mass is 352 g/mol. The lowest BCUT2D eigenvalue weighted by Gasteiger charge is -2.23. The maximum Gasteiger partial charge on any atom is 0.306 e. The minimum atomic E-state index is -4.21. The van der Waals surface area contributed by atoms with Crippen molar-refractivity contribution in [3.05, 3.63) is 34.1 Å². The minimum Gasteiger partial charge on any atom is -0.258 e. The zero-order chi connectivity index (χ0) is 16.8. The maximum atomic E-state index is 13.3. The average molecular weight is 352 g/mol. The third-order valence-corrected chi connectivity index (χ3v) is 6.85. The zero-order valence-electron chi connectivity index (χ0n) is 11.4. The molecule has 0 unspecified atom stereocenters. The van der Waals surface area contributed by atoms with E-state index in [1.54, 1.807) is 0 Å². The van der Waals surface area contributed by atoms with Gasteiger partial charge >= 0.3 is 5.69 Å². The standard InChI is InChI=1S/C11H13FN2O6S2/c1-11(4-5-21(17,18)7-11)13-22(19,20)8-2-3-9(12)10(6-8)14(15)16/h2-3,6,13H,4-5,7H2,1H3/t11-/m0/s1. The van der Waals surface area contributed by atoms with E-state index in [9.17, 15) is 31.3 Å². The molecule has 2 rings (SSSR count). The van der Waals surface area contributed by atoms with Crippen molar-refractivity contribution in [3.8, 4) is 0 Å². The number of sulfone groups is 1. The van der Waals surface area contributed by atoms with Crippen LogP contribution in [-0.4, -0.2) is 38.8 Å². The molecule has 1 atom stereocenters. The van der Waals surface area contributed by atoms with Gasteiger partial charge < -0.3 is 0 Å². The van der Waals surface area contributed by atoms with Crippen LogP contribution < -0.4 is 4.72 Å². The van der Waals surface area contributed by atoms with Crippen molar-refractivity contribution in [1.82, 2.24) is 4.72 Å². The number of halogens is 1. The lowest BCUT2D eigenvalue weighted by Crippen LogP contribution is -2.46. The predicted octanol–water partition coefficient (Wildman–Crippen LogP) is 0.589. The summed E-state index contributed by atoms with van der Waals surface area (Å²) >= 11 is 0. The van der Waals surface area contributed by atoms with Gasteiger partial charge in [0.1, 0.15) is 0 Å². The van der Waals surface area contributed by atoms with Gasteiger partial charge in [0.25, 0.3) is 0 Å². The Kier molecular flexibility index (Phi) is 4.00. The summed E-state index contributed by atoms with van der Waals surface area (Å²) in [7, 11) is -7.54. The van der Waals surface area contributed by atoms with Gasteiger partial charge in [-0.2, -0.15) is 4.39 Å². The molecule has 0 radical (unpaired) electrons. The number of nitrogens with one attached hydrogen (secondary N) is 1. The number of benzene rings is 1. The Labute approximate surface area is 126 Å². The first-order valence-electron chi connectivity index (χ1n) is 6.13. The second kappa shape index (κ2) is 5.25. The summed E-state index contributed by atoms with van der Waals surface area (Å²) in [4.78, 5) is 9.14. The fourth-order valence-corrected chi connectivity index (χ4v) is 5.91. The van der Waals surface area contributed by atoms with Crippen LogP contribution in [0.3, 0.4) is 0 Å². The smallest absolute Gasteiger partial charge is 0.258 e. The molecule has 22 heavy (non-hydrogen) atoms. The third-order valence-electron chi connectivity index (χ3n) is 3.31. The van der Waals surface area contributed by atoms with Crippen LogP contribution in [0.2, 0.25) is 0 Å². The van der Waals surface area contributed by atoms with Gasteiger partial charge in [-0.1, -0.05) is 0 Å². The highest BCUT2D eigenvalue weighted by molar-refractivity contribution is 7.92. The maximum absolute atomic E-state index is 13.3. The molecule has 0 aliphatic carbocycles. The van der Waals surface area contributed by atoms with Crippen LogP contribution in [0.4, 0.5) is 10.1 Å². The summed E-state index contributed by atoms with van der Waals surface area (Å²) in [6.07, 6.45) is 0.0951. The second-order valence-electron chi connectivity index (χ2n) is 5.38. The Morgan fingerprint density at radius 1 is 1.41 bits per heavy atom. The molecule has 11 heteroatoms. The molecule has 1 aromatic rings. The van der Waals surface area contributed by atoms with Crippen molar-refractivity contribution in [1.29, 1.82) is 0 Å². The first-order chi connectivity index (χ1) is 9.94. The molecule has 8 nitrogen and oxygen atoms in total. The third kappa shape index (κ3) is 3.42. The summed E-state index contributed by atoms with van der Waals surface area (Å²) in [5, 5.41) is 10.7. The molecule has 1 saturated heterocycles.